The first-order valence-corrected chi connectivity index (χ1v) is 31.0. The van der Waals surface area contributed by atoms with Crippen molar-refractivity contribution >= 4 is 109 Å². The fraction of sp³-hybridized carbons (Fsp3) is 0.348. The molecule has 0 spiro atoms. The number of carboxylic acid groups (broad SMARTS) is 1. The summed E-state index contributed by atoms with van der Waals surface area (Å²) in [4.78, 5) is 71.1. The lowest BCUT2D eigenvalue weighted by Gasteiger charge is -2.20. The first-order chi connectivity index (χ1) is 41.0. The summed E-state index contributed by atoms with van der Waals surface area (Å²) in [6.45, 7) is 28.9. The summed E-state index contributed by atoms with van der Waals surface area (Å²) in [5.41, 5.74) is 6.80. The van der Waals surface area contributed by atoms with Crippen molar-refractivity contribution in [2.45, 2.75) is 112 Å². The molecule has 0 saturated carbocycles. The lowest BCUT2D eigenvalue weighted by Crippen LogP contribution is -2.30. The number of benzene rings is 6. The van der Waals surface area contributed by atoms with E-state index in [4.69, 9.17) is 14.6 Å². The molecule has 4 amide bonds. The molecule has 3 heterocycles. The summed E-state index contributed by atoms with van der Waals surface area (Å²) in [7, 11) is 3.25. The summed E-state index contributed by atoms with van der Waals surface area (Å²) in [6, 6.07) is 40.3. The zero-order chi connectivity index (χ0) is 63.6. The van der Waals surface area contributed by atoms with Crippen LogP contribution < -0.4 is 14.9 Å². The molecule has 86 heavy (non-hydrogen) atoms. The number of carboxylic acids is 1. The third-order valence-electron chi connectivity index (χ3n) is 14.0. The molecule has 0 atom stereocenters. The van der Waals surface area contributed by atoms with Crippen LogP contribution in [0.25, 0.3) is 20.2 Å². The second kappa shape index (κ2) is 35.8. The van der Waals surface area contributed by atoms with E-state index in [1.807, 2.05) is 147 Å². The number of aromatic carboxylic acids is 1. The van der Waals surface area contributed by atoms with Gasteiger partial charge in [0.2, 0.25) is 0 Å². The number of nitrogens with zero attached hydrogens (tertiary/aromatic N) is 6. The number of amides is 4. The Hall–Kier alpha value is -7.60. The van der Waals surface area contributed by atoms with Gasteiger partial charge in [-0.05, 0) is 162 Å². The predicted molar refractivity (Wildman–Crippen MR) is 362 cm³/mol. The van der Waals surface area contributed by atoms with Crippen LogP contribution in [0.5, 0.6) is 11.5 Å². The second-order valence-corrected chi connectivity index (χ2v) is 23.4. The van der Waals surface area contributed by atoms with Crippen molar-refractivity contribution in [2.24, 2.45) is 9.98 Å². The van der Waals surface area contributed by atoms with Gasteiger partial charge in [0.1, 0.15) is 11.5 Å². The zero-order valence-electron chi connectivity index (χ0n) is 52.2. The Kier molecular flexibility index (Phi) is 29.5. The minimum absolute atomic E-state index is 0.0570. The van der Waals surface area contributed by atoms with Crippen molar-refractivity contribution in [2.75, 3.05) is 53.7 Å². The topological polar surface area (TPSA) is 161 Å². The fourth-order valence-corrected chi connectivity index (χ4v) is 10.5. The molecule has 2 aliphatic rings. The van der Waals surface area contributed by atoms with Gasteiger partial charge in [-0.3, -0.25) is 14.4 Å². The fourth-order valence-electron chi connectivity index (χ4n) is 8.54. The second-order valence-electron chi connectivity index (χ2n) is 21.0. The maximum absolute atomic E-state index is 12.7. The van der Waals surface area contributed by atoms with Gasteiger partial charge in [0.15, 0.2) is 17.9 Å². The highest BCUT2D eigenvalue weighted by molar-refractivity contribution is 9.10. The molecule has 6 aromatic carbocycles. The lowest BCUT2D eigenvalue weighted by atomic mass is 10.0. The van der Waals surface area contributed by atoms with E-state index in [0.717, 1.165) is 61.6 Å². The van der Waals surface area contributed by atoms with Gasteiger partial charge >= 0.3 is 12.0 Å². The molecule has 0 aliphatic carbocycles. The van der Waals surface area contributed by atoms with Crippen molar-refractivity contribution in [1.29, 1.82) is 0 Å². The maximum Gasteiger partial charge on any atom is 0.675 e. The monoisotopic (exact) mass is 1270 g/mol. The number of halogens is 1. The number of methoxy groups -OCH3 is 2. The molecule has 0 unspecified atom stereocenters. The Morgan fingerprint density at radius 2 is 1.03 bits per heavy atom. The van der Waals surface area contributed by atoms with Gasteiger partial charge in [-0.25, -0.2) is 14.8 Å². The van der Waals surface area contributed by atoms with E-state index >= 15 is 0 Å². The standard InChI is InChI=1S/C17H16O2S.C14H21NOS.C14H21NO.C10H12O2.C7H7BrO.C7H8N4O/c1-10(2)11-7-8-12-15(9-11)20-14-6-4-5-13(19-3)16(14)17(12)18;1-5-15(6-2)14(16)12-8-7-11(10(3)4)9-13(12)17;1-5-15(6-2)14(16)13-9-7-12(8-10-13)11(3)4;1-7(2)8-3-5-9(6-4-8)10(11)12;1-9-7-5-3-2-4-6(7)8;12-7(10-3-1-8-5-10)11-4-2-9-6-11/h4-10H,1-3H3;7-10,17H,5-6H2,1-4H3;7-11H,5-6H2,1-4H3;3-7H,1-2H3,(H,11,12);2-5H,1H3;1-4H,5-6H2/q;;;;;+2. The van der Waals surface area contributed by atoms with E-state index < -0.39 is 5.97 Å². The van der Waals surface area contributed by atoms with Gasteiger partial charge in [-0.15, -0.1) is 24.0 Å². The smallest absolute Gasteiger partial charge is 0.496 e. The molecule has 17 heteroatoms. The van der Waals surface area contributed by atoms with Crippen LogP contribution in [0.2, 0.25) is 0 Å². The number of aliphatic imine (C=N–C) groups is 2. The van der Waals surface area contributed by atoms with Crippen molar-refractivity contribution in [3.05, 3.63) is 181 Å². The molecule has 0 radical (unpaired) electrons. The van der Waals surface area contributed by atoms with E-state index in [9.17, 15) is 24.0 Å². The summed E-state index contributed by atoms with van der Waals surface area (Å²) in [5.74, 6) is 2.73. The highest BCUT2D eigenvalue weighted by atomic mass is 79.9. The molecule has 456 valence electrons. The molecular weight excluding hydrogens is 1180 g/mol. The van der Waals surface area contributed by atoms with Gasteiger partial charge in [-0.2, -0.15) is 4.79 Å². The number of thiol groups is 1. The van der Waals surface area contributed by atoms with Crippen LogP contribution in [0.1, 0.15) is 160 Å². The number of carbonyl (C=O) groups excluding carboxylic acids is 3. The Bertz CT molecular complexity index is 3540. The van der Waals surface area contributed by atoms with Crippen LogP contribution in [0, 0.1) is 0 Å². The molecule has 0 saturated heterocycles. The Morgan fingerprint density at radius 3 is 1.47 bits per heavy atom. The summed E-state index contributed by atoms with van der Waals surface area (Å²) in [5, 5.41) is 10.1. The van der Waals surface area contributed by atoms with Gasteiger partial charge in [0, 0.05) is 51.4 Å². The number of carbonyl (C=O) groups is 4. The minimum atomic E-state index is -0.870. The summed E-state index contributed by atoms with van der Waals surface area (Å²) >= 11 is 9.40. The Morgan fingerprint density at radius 1 is 0.581 bits per heavy atom. The van der Waals surface area contributed by atoms with Crippen LogP contribution in [0.4, 0.5) is 4.79 Å². The van der Waals surface area contributed by atoms with E-state index in [2.05, 4.69) is 100.0 Å². The predicted octanol–water partition coefficient (Wildman–Crippen LogP) is 15.7. The number of urea groups is 1. The number of ether oxygens (including phenoxy) is 2. The first kappa shape index (κ1) is 70.9. The lowest BCUT2D eigenvalue weighted by molar-refractivity contribution is -0.561. The van der Waals surface area contributed by atoms with E-state index in [1.165, 1.54) is 31.4 Å². The minimum Gasteiger partial charge on any atom is -0.496 e. The number of para-hydroxylation sites is 1. The quantitative estimate of drug-likeness (QED) is 0.0655. The first-order valence-electron chi connectivity index (χ1n) is 29.0. The van der Waals surface area contributed by atoms with E-state index in [-0.39, 0.29) is 23.3 Å². The highest BCUT2D eigenvalue weighted by Gasteiger charge is 2.32. The van der Waals surface area contributed by atoms with Crippen LogP contribution in [0.3, 0.4) is 0 Å². The van der Waals surface area contributed by atoms with Crippen molar-refractivity contribution in [1.82, 2.24) is 9.80 Å². The molecular formula is C69H85BrN6O8S2+2. The molecule has 1 N–H and O–H groups in total. The Labute approximate surface area is 526 Å². The molecule has 1 aromatic heterocycles. The van der Waals surface area contributed by atoms with Crippen molar-refractivity contribution in [3.63, 3.8) is 0 Å². The van der Waals surface area contributed by atoms with Gasteiger partial charge in [-0.1, -0.05) is 119 Å². The third kappa shape index (κ3) is 20.5. The molecule has 7 aromatic rings. The average Bonchev–Trinajstić information content (AvgIpc) is 1.19. The number of fused-ring (bicyclic) bond motifs is 2. The molecule has 0 fully saturated rings. The van der Waals surface area contributed by atoms with E-state index in [0.29, 0.717) is 59.3 Å². The van der Waals surface area contributed by atoms with E-state index in [1.54, 1.807) is 62.5 Å². The number of hydrogen-bond acceptors (Lipinski definition) is 11. The summed E-state index contributed by atoms with van der Waals surface area (Å²) < 4.78 is 16.4. The van der Waals surface area contributed by atoms with Crippen LogP contribution in [-0.4, -0.2) is 126 Å². The van der Waals surface area contributed by atoms with Crippen molar-refractivity contribution < 1.29 is 42.9 Å². The van der Waals surface area contributed by atoms with Crippen LogP contribution in [-0.2, 0) is 0 Å². The largest absolute Gasteiger partial charge is 0.675 e. The molecule has 9 rings (SSSR count). The third-order valence-corrected chi connectivity index (χ3v) is 16.1. The average molecular weight is 1270 g/mol. The van der Waals surface area contributed by atoms with Crippen molar-refractivity contribution in [3.8, 4) is 11.5 Å². The number of rotatable bonds is 13. The van der Waals surface area contributed by atoms with Gasteiger partial charge < -0.3 is 24.4 Å². The molecule has 2 aliphatic heterocycles. The van der Waals surface area contributed by atoms with Gasteiger partial charge in [0.05, 0.1) is 47.6 Å². The maximum atomic E-state index is 12.7. The normalized spacial score (nSPS) is 11.9. The van der Waals surface area contributed by atoms with Crippen LogP contribution in [0.15, 0.2) is 152 Å². The zero-order valence-corrected chi connectivity index (χ0v) is 55.5. The SMILES string of the molecule is CC(C)c1ccc(C(=O)O)cc1.CCN(CC)C(=O)c1ccc(C(C)C)cc1.CCN(CC)C(=O)c1ccc(C(C)C)cc1S.COc1cccc2sc3cc(C(C)C)ccc3c(=O)c12.COc1ccccc1Br.O=C([N+]1=CC=NC1)[N+]1=CC=NC1. The number of hydrogen-bond donors (Lipinski definition) is 2. The summed E-state index contributed by atoms with van der Waals surface area (Å²) in [6.07, 6.45) is 6.56. The highest BCUT2D eigenvalue weighted by Crippen LogP contribution is 2.32. The van der Waals surface area contributed by atoms with Gasteiger partial charge in [0.25, 0.3) is 25.2 Å². The molecule has 0 bridgehead atoms. The van der Waals surface area contributed by atoms with Crippen LogP contribution >= 0.6 is 39.9 Å². The Balaban J connectivity index is 0.000000225. The molecule has 14 nitrogen and oxygen atoms in total.